The van der Waals surface area contributed by atoms with Crippen LogP contribution in [-0.4, -0.2) is 138 Å². The summed E-state index contributed by atoms with van der Waals surface area (Å²) in [7, 11) is 0. The van der Waals surface area contributed by atoms with Crippen molar-refractivity contribution in [3.63, 3.8) is 0 Å². The average molecular weight is 1140 g/mol. The molecule has 0 aromatic heterocycles. The van der Waals surface area contributed by atoms with Crippen LogP contribution in [0, 0.1) is 0 Å². The van der Waals surface area contributed by atoms with E-state index in [9.17, 15) is 52.7 Å². The van der Waals surface area contributed by atoms with E-state index in [1.807, 2.05) is 0 Å². The van der Waals surface area contributed by atoms with Crippen LogP contribution in [0.15, 0.2) is 0 Å². The predicted molar refractivity (Wildman–Crippen MR) is 305 cm³/mol. The molecule has 0 saturated heterocycles. The van der Waals surface area contributed by atoms with Gasteiger partial charge in [-0.05, 0) is 76.2 Å². The van der Waals surface area contributed by atoms with Crippen LogP contribution in [0.1, 0.15) is 231 Å². The lowest BCUT2D eigenvalue weighted by molar-refractivity contribution is -0.141. The maximum absolute atomic E-state index is 9.82. The number of carbonyl (C=O) groups excluding carboxylic acids is 11. The fourth-order valence-corrected chi connectivity index (χ4v) is 3.24. The van der Waals surface area contributed by atoms with Crippen molar-refractivity contribution in [2.24, 2.45) is 0 Å². The lowest BCUT2D eigenvalue weighted by Crippen LogP contribution is -1.95. The maximum Gasteiger partial charge on any atom is 0.302 e. The highest BCUT2D eigenvalue weighted by Crippen LogP contribution is 1.96. The van der Waals surface area contributed by atoms with Gasteiger partial charge in [-0.1, -0.05) is 79.1 Å². The average Bonchev–Trinajstić information content (AvgIpc) is 3.30. The highest BCUT2D eigenvalue weighted by molar-refractivity contribution is 5.68. The Labute approximate surface area is 473 Å². The van der Waals surface area contributed by atoms with Crippen molar-refractivity contribution in [3.8, 4) is 0 Å². The molecule has 0 rings (SSSR count). The summed E-state index contributed by atoms with van der Waals surface area (Å²) in [5, 5.41) is 0. The number of unbranched alkanes of at least 4 members (excludes halogenated alkanes) is 6. The van der Waals surface area contributed by atoms with Gasteiger partial charge in [-0.3, -0.25) is 52.7 Å². The van der Waals surface area contributed by atoms with Crippen molar-refractivity contribution in [1.29, 1.82) is 0 Å². The maximum atomic E-state index is 9.82. The summed E-state index contributed by atoms with van der Waals surface area (Å²) in [6, 6.07) is 0. The summed E-state index contributed by atoms with van der Waals surface area (Å²) in [6.07, 6.45) is 11.1. The molecule has 0 bridgehead atoms. The van der Waals surface area contributed by atoms with Gasteiger partial charge >= 0.3 is 65.7 Å². The molecular weight excluding hydrogens is 1020 g/mol. The van der Waals surface area contributed by atoms with E-state index in [1.165, 1.54) is 128 Å². The van der Waals surface area contributed by atoms with E-state index in [-0.39, 0.29) is 65.7 Å². The van der Waals surface area contributed by atoms with Gasteiger partial charge < -0.3 is 52.1 Å². The number of hydrogen-bond donors (Lipinski definition) is 0. The van der Waals surface area contributed by atoms with Gasteiger partial charge in [0.25, 0.3) is 0 Å². The van der Waals surface area contributed by atoms with Crippen LogP contribution in [0.25, 0.3) is 0 Å². The second kappa shape index (κ2) is 107. The standard InChI is InChI=1S/2C6H14.11C4H8O2/c2*1-3-5-6-4-2;11*1-3-6-4(2)5/h2*3-6H2,1-2H3;11*3H2,1-2H3. The Morgan fingerprint density at radius 2 is 0.231 bits per heavy atom. The van der Waals surface area contributed by atoms with E-state index in [2.05, 4.69) is 79.8 Å². The predicted octanol–water partition coefficient (Wildman–Crippen LogP) is 11.4. The molecule has 0 radical (unpaired) electrons. The summed E-state index contributed by atoms with van der Waals surface area (Å²) in [5.74, 6) is -2.32. The largest absolute Gasteiger partial charge is 0.466 e. The zero-order valence-electron chi connectivity index (χ0n) is 53.9. The molecule has 0 heterocycles. The zero-order chi connectivity index (χ0) is 64.6. The summed E-state index contributed by atoms with van der Waals surface area (Å²) < 4.78 is 48.4. The van der Waals surface area contributed by atoms with E-state index >= 15 is 0 Å². The number of ether oxygens (including phenoxy) is 11. The molecule has 0 atom stereocenters. The summed E-state index contributed by atoms with van der Waals surface area (Å²) >= 11 is 0. The van der Waals surface area contributed by atoms with Crippen LogP contribution in [0.3, 0.4) is 0 Å². The molecule has 0 fully saturated rings. The molecule has 22 heteroatoms. The summed E-state index contributed by atoms with van der Waals surface area (Å²) in [4.78, 5) is 108. The Hall–Kier alpha value is -5.83. The molecule has 22 nitrogen and oxygen atoms in total. The zero-order valence-corrected chi connectivity index (χ0v) is 53.9. The monoisotopic (exact) mass is 1140 g/mol. The fraction of sp³-hybridized carbons (Fsp3) is 0.804. The second-order valence-corrected chi connectivity index (χ2v) is 13.6. The first-order valence-electron chi connectivity index (χ1n) is 26.8. The van der Waals surface area contributed by atoms with Gasteiger partial charge in [0, 0.05) is 76.2 Å². The molecule has 0 aromatic rings. The van der Waals surface area contributed by atoms with Gasteiger partial charge in [-0.25, -0.2) is 0 Å². The SMILES string of the molecule is CCCCCC.CCCCCC.CCOC(C)=O.CCOC(C)=O.CCOC(C)=O.CCOC(C)=O.CCOC(C)=O.CCOC(C)=O.CCOC(C)=O.CCOC(C)=O.CCOC(C)=O.CCOC(C)=O.CCOC(C)=O. The first-order chi connectivity index (χ1) is 36.3. The Balaban J connectivity index is -0.0000000533. The molecule has 78 heavy (non-hydrogen) atoms. The molecule has 0 N–H and O–H groups in total. The minimum Gasteiger partial charge on any atom is -0.466 e. The Morgan fingerprint density at radius 3 is 0.244 bits per heavy atom. The third-order valence-corrected chi connectivity index (χ3v) is 5.74. The molecule has 0 aliphatic heterocycles. The van der Waals surface area contributed by atoms with Crippen LogP contribution in [0.2, 0.25) is 0 Å². The number of rotatable bonds is 17. The first-order valence-corrected chi connectivity index (χ1v) is 26.8. The van der Waals surface area contributed by atoms with Gasteiger partial charge in [0.1, 0.15) is 0 Å². The normalized spacial score (nSPS) is 7.87. The molecule has 0 unspecified atom stereocenters. The molecule has 0 amide bonds. The molecule has 0 aromatic carbocycles. The molecule has 472 valence electrons. The molecule has 0 aliphatic carbocycles. The van der Waals surface area contributed by atoms with Gasteiger partial charge in [0.15, 0.2) is 0 Å². The fourth-order valence-electron chi connectivity index (χ4n) is 3.24. The van der Waals surface area contributed by atoms with E-state index in [4.69, 9.17) is 0 Å². The van der Waals surface area contributed by atoms with Gasteiger partial charge in [0.05, 0.1) is 72.7 Å². The number of hydrogen-bond acceptors (Lipinski definition) is 22. The van der Waals surface area contributed by atoms with Crippen LogP contribution < -0.4 is 0 Å². The minimum absolute atomic E-state index is 0.211. The van der Waals surface area contributed by atoms with E-state index in [0.29, 0.717) is 72.7 Å². The quantitative estimate of drug-likeness (QED) is 0.0742. The van der Waals surface area contributed by atoms with E-state index in [1.54, 1.807) is 76.2 Å². The van der Waals surface area contributed by atoms with Crippen molar-refractivity contribution < 1.29 is 105 Å². The van der Waals surface area contributed by atoms with Crippen LogP contribution in [0.4, 0.5) is 0 Å². The highest BCUT2D eigenvalue weighted by atomic mass is 16.6. The molecule has 0 aliphatic rings. The van der Waals surface area contributed by atoms with Gasteiger partial charge in [-0.2, -0.15) is 0 Å². The smallest absolute Gasteiger partial charge is 0.302 e. The van der Waals surface area contributed by atoms with E-state index < -0.39 is 0 Å². The van der Waals surface area contributed by atoms with Crippen molar-refractivity contribution in [2.45, 2.75) is 231 Å². The second-order valence-electron chi connectivity index (χ2n) is 13.6. The van der Waals surface area contributed by atoms with Gasteiger partial charge in [0.2, 0.25) is 0 Å². The minimum atomic E-state index is -0.211. The number of carbonyl (C=O) groups is 11. The molecule has 0 saturated carbocycles. The topological polar surface area (TPSA) is 289 Å². The van der Waals surface area contributed by atoms with Crippen molar-refractivity contribution in [1.82, 2.24) is 0 Å². The van der Waals surface area contributed by atoms with Crippen LogP contribution >= 0.6 is 0 Å². The van der Waals surface area contributed by atoms with E-state index in [0.717, 1.165) is 0 Å². The lowest BCUT2D eigenvalue weighted by atomic mass is 10.2. The summed E-state index contributed by atoms with van der Waals surface area (Å²) in [6.45, 7) is 49.1. The highest BCUT2D eigenvalue weighted by Gasteiger charge is 1.87. The first kappa shape index (κ1) is 104. The van der Waals surface area contributed by atoms with Gasteiger partial charge in [-0.15, -0.1) is 0 Å². The third kappa shape index (κ3) is 305. The Morgan fingerprint density at radius 1 is 0.167 bits per heavy atom. The summed E-state index contributed by atoms with van der Waals surface area (Å²) in [5.41, 5.74) is 0. The third-order valence-electron chi connectivity index (χ3n) is 5.74. The van der Waals surface area contributed by atoms with Crippen LogP contribution in [0.5, 0.6) is 0 Å². The Bertz CT molecular complexity index is 967. The number of esters is 11. The molecule has 0 spiro atoms. The van der Waals surface area contributed by atoms with Crippen molar-refractivity contribution >= 4 is 65.7 Å². The lowest BCUT2D eigenvalue weighted by Gasteiger charge is -1.89. The molecular formula is C56H116O22. The van der Waals surface area contributed by atoms with Crippen molar-refractivity contribution in [3.05, 3.63) is 0 Å². The van der Waals surface area contributed by atoms with Crippen LogP contribution in [-0.2, 0) is 105 Å². The Kier molecular flexibility index (Phi) is 144. The van der Waals surface area contributed by atoms with Crippen molar-refractivity contribution in [2.75, 3.05) is 72.7 Å².